The molecule has 1 atom stereocenters. The van der Waals surface area contributed by atoms with E-state index >= 15 is 0 Å². The molecule has 0 fully saturated rings. The van der Waals surface area contributed by atoms with Crippen molar-refractivity contribution in [3.8, 4) is 11.1 Å². The molecule has 1 aliphatic rings. The molecule has 1 aliphatic carbocycles. The lowest BCUT2D eigenvalue weighted by Crippen LogP contribution is -2.54. The molecule has 0 saturated carbocycles. The summed E-state index contributed by atoms with van der Waals surface area (Å²) < 4.78 is 10.8. The van der Waals surface area contributed by atoms with Crippen molar-refractivity contribution in [2.45, 2.75) is 18.5 Å². The molecule has 0 aliphatic heterocycles. The summed E-state index contributed by atoms with van der Waals surface area (Å²) in [6.07, 6.45) is -0.740. The number of likely N-dealkylation sites (N-methyl/N-ethyl adjacent to an activating group) is 1. The molecule has 0 radical (unpaired) electrons. The highest BCUT2D eigenvalue weighted by Crippen LogP contribution is 2.44. The molecule has 40 heavy (non-hydrogen) atoms. The van der Waals surface area contributed by atoms with Crippen molar-refractivity contribution >= 4 is 18.0 Å². The molecule has 0 saturated heterocycles. The second-order valence-electron chi connectivity index (χ2n) is 9.85. The van der Waals surface area contributed by atoms with Gasteiger partial charge in [-0.15, -0.1) is 0 Å². The molecule has 0 heterocycles. The summed E-state index contributed by atoms with van der Waals surface area (Å²) in [5.41, 5.74) is 5.44. The van der Waals surface area contributed by atoms with Gasteiger partial charge in [0.05, 0.1) is 6.61 Å². The number of rotatable bonds is 13. The van der Waals surface area contributed by atoms with Crippen LogP contribution in [0.3, 0.4) is 0 Å². The maximum atomic E-state index is 13.5. The van der Waals surface area contributed by atoms with Crippen molar-refractivity contribution in [2.75, 3.05) is 47.0 Å². The van der Waals surface area contributed by atoms with Gasteiger partial charge >= 0.3 is 12.1 Å². The summed E-state index contributed by atoms with van der Waals surface area (Å²) in [6.45, 7) is 0.523. The van der Waals surface area contributed by atoms with Crippen LogP contribution in [-0.2, 0) is 25.6 Å². The first-order chi connectivity index (χ1) is 19.4. The number of carboxylic acid groups (broad SMARTS) is 1. The number of amides is 2. The lowest BCUT2D eigenvalue weighted by molar-refractivity contribution is -0.145. The number of carbonyl (C=O) groups is 3. The van der Waals surface area contributed by atoms with E-state index in [1.165, 1.54) is 12.0 Å². The van der Waals surface area contributed by atoms with Gasteiger partial charge in [-0.2, -0.15) is 0 Å². The number of fused-ring (bicyclic) bond motifs is 3. The molecular weight excluding hydrogens is 510 g/mol. The molecule has 2 amide bonds. The number of carboxylic acids is 1. The van der Waals surface area contributed by atoms with E-state index in [1.807, 2.05) is 78.7 Å². The number of nitrogens with one attached hydrogen (secondary N) is 1. The van der Waals surface area contributed by atoms with E-state index in [2.05, 4.69) is 17.4 Å². The lowest BCUT2D eigenvalue weighted by atomic mass is 9.98. The lowest BCUT2D eigenvalue weighted by Gasteiger charge is -2.29. The Kier molecular flexibility index (Phi) is 9.88. The molecule has 0 aromatic heterocycles. The third kappa shape index (κ3) is 7.25. The van der Waals surface area contributed by atoms with Crippen LogP contribution in [-0.4, -0.2) is 85.9 Å². The molecule has 0 bridgehead atoms. The first-order valence-corrected chi connectivity index (χ1v) is 13.2. The summed E-state index contributed by atoms with van der Waals surface area (Å²) in [6, 6.07) is 24.8. The molecule has 1 unspecified atom stereocenters. The maximum Gasteiger partial charge on any atom is 0.407 e. The maximum absolute atomic E-state index is 13.5. The van der Waals surface area contributed by atoms with Crippen molar-refractivity contribution < 1.29 is 29.0 Å². The van der Waals surface area contributed by atoms with Crippen molar-refractivity contribution in [1.29, 1.82) is 0 Å². The van der Waals surface area contributed by atoms with Crippen molar-refractivity contribution in [2.24, 2.45) is 0 Å². The van der Waals surface area contributed by atoms with Crippen LogP contribution in [0.25, 0.3) is 11.1 Å². The van der Waals surface area contributed by atoms with Gasteiger partial charge in [-0.1, -0.05) is 78.9 Å². The second-order valence-corrected chi connectivity index (χ2v) is 9.85. The molecular formula is C31H35N3O6. The average molecular weight is 546 g/mol. The van der Waals surface area contributed by atoms with Crippen LogP contribution in [0.2, 0.25) is 0 Å². The zero-order valence-electron chi connectivity index (χ0n) is 22.8. The monoisotopic (exact) mass is 545 g/mol. The average Bonchev–Trinajstić information content (AvgIpc) is 3.27. The van der Waals surface area contributed by atoms with Crippen LogP contribution in [0.5, 0.6) is 0 Å². The van der Waals surface area contributed by atoms with Gasteiger partial charge in [-0.3, -0.25) is 14.5 Å². The van der Waals surface area contributed by atoms with E-state index < -0.39 is 30.6 Å². The molecule has 3 aromatic rings. The standard InChI is InChI=1S/C31H35N3O6/c1-33(18-22-10-4-3-5-11-22)19-28(30(37)34(16-17-39-2)20-29(35)36)32-31(38)40-21-27-25-14-8-6-12-23(25)24-13-7-9-15-26(24)27/h3-15,27-28H,16-21H2,1-2H3,(H,32,38)(H,35,36). The van der Waals surface area contributed by atoms with Crippen LogP contribution in [0.1, 0.15) is 22.6 Å². The Labute approximate surface area is 234 Å². The second kappa shape index (κ2) is 13.7. The van der Waals surface area contributed by atoms with Gasteiger partial charge in [0.2, 0.25) is 5.91 Å². The fourth-order valence-corrected chi connectivity index (χ4v) is 5.09. The molecule has 9 nitrogen and oxygen atoms in total. The topological polar surface area (TPSA) is 108 Å². The highest BCUT2D eigenvalue weighted by atomic mass is 16.5. The van der Waals surface area contributed by atoms with E-state index in [4.69, 9.17) is 9.47 Å². The molecule has 4 rings (SSSR count). The number of ether oxygens (including phenoxy) is 2. The normalized spacial score (nSPS) is 12.9. The van der Waals surface area contributed by atoms with Gasteiger partial charge in [-0.25, -0.2) is 4.79 Å². The summed E-state index contributed by atoms with van der Waals surface area (Å²) in [5, 5.41) is 12.1. The third-order valence-corrected chi connectivity index (χ3v) is 6.93. The fraction of sp³-hybridized carbons (Fsp3) is 0.323. The van der Waals surface area contributed by atoms with Gasteiger partial charge in [0.1, 0.15) is 19.2 Å². The molecule has 2 N–H and O–H groups in total. The number of hydrogen-bond donors (Lipinski definition) is 2. The van der Waals surface area contributed by atoms with E-state index in [0.29, 0.717) is 6.54 Å². The summed E-state index contributed by atoms with van der Waals surface area (Å²) in [7, 11) is 3.31. The predicted octanol–water partition coefficient (Wildman–Crippen LogP) is 3.59. The number of aliphatic carboxylic acids is 1. The summed E-state index contributed by atoms with van der Waals surface area (Å²) >= 11 is 0. The number of benzene rings is 3. The zero-order chi connectivity index (χ0) is 28.5. The Hall–Kier alpha value is -4.21. The van der Waals surface area contributed by atoms with Gasteiger partial charge in [0.15, 0.2) is 0 Å². The Morgan fingerprint density at radius 1 is 0.925 bits per heavy atom. The van der Waals surface area contributed by atoms with Crippen LogP contribution >= 0.6 is 0 Å². The van der Waals surface area contributed by atoms with Crippen molar-refractivity contribution in [3.05, 3.63) is 95.6 Å². The molecule has 3 aromatic carbocycles. The van der Waals surface area contributed by atoms with Crippen molar-refractivity contribution in [1.82, 2.24) is 15.1 Å². The number of nitrogens with zero attached hydrogens (tertiary/aromatic N) is 2. The van der Waals surface area contributed by atoms with E-state index in [1.54, 1.807) is 0 Å². The Balaban J connectivity index is 1.47. The minimum absolute atomic E-state index is 0.0763. The fourth-order valence-electron chi connectivity index (χ4n) is 5.09. The number of alkyl carbamates (subject to hydrolysis) is 1. The molecule has 0 spiro atoms. The van der Waals surface area contributed by atoms with Crippen LogP contribution < -0.4 is 5.32 Å². The number of methoxy groups -OCH3 is 1. The van der Waals surface area contributed by atoms with Gasteiger partial charge < -0.3 is 24.8 Å². The van der Waals surface area contributed by atoms with Crippen LogP contribution in [0, 0.1) is 0 Å². The number of carbonyl (C=O) groups excluding carboxylic acids is 2. The minimum atomic E-state index is -1.15. The first kappa shape index (κ1) is 28.8. The Bertz CT molecular complexity index is 1270. The molecule has 210 valence electrons. The van der Waals surface area contributed by atoms with Gasteiger partial charge in [-0.05, 0) is 34.9 Å². The summed E-state index contributed by atoms with van der Waals surface area (Å²) in [4.78, 5) is 41.1. The van der Waals surface area contributed by atoms with Crippen molar-refractivity contribution in [3.63, 3.8) is 0 Å². The number of hydrogen-bond acceptors (Lipinski definition) is 6. The smallest absolute Gasteiger partial charge is 0.407 e. The van der Waals surface area contributed by atoms with E-state index in [9.17, 15) is 19.5 Å². The largest absolute Gasteiger partial charge is 0.480 e. The van der Waals surface area contributed by atoms with Crippen LogP contribution in [0.4, 0.5) is 4.79 Å². The van der Waals surface area contributed by atoms with E-state index in [0.717, 1.165) is 27.8 Å². The quantitative estimate of drug-likeness (QED) is 0.338. The third-order valence-electron chi connectivity index (χ3n) is 6.93. The zero-order valence-corrected chi connectivity index (χ0v) is 22.8. The first-order valence-electron chi connectivity index (χ1n) is 13.2. The molecule has 9 heteroatoms. The SMILES string of the molecule is COCCN(CC(=O)O)C(=O)C(CN(C)Cc1ccccc1)NC(=O)OCC1c2ccccc2-c2ccccc21. The Morgan fingerprint density at radius 3 is 2.12 bits per heavy atom. The van der Waals surface area contributed by atoms with Gasteiger partial charge in [0, 0.05) is 32.7 Å². The van der Waals surface area contributed by atoms with Crippen LogP contribution in [0.15, 0.2) is 78.9 Å². The van der Waals surface area contributed by atoms with E-state index in [-0.39, 0.29) is 32.2 Å². The highest BCUT2D eigenvalue weighted by Gasteiger charge is 2.31. The van der Waals surface area contributed by atoms with Gasteiger partial charge in [0.25, 0.3) is 0 Å². The minimum Gasteiger partial charge on any atom is -0.480 e. The predicted molar refractivity (Wildman–Crippen MR) is 151 cm³/mol. The summed E-state index contributed by atoms with van der Waals surface area (Å²) in [5.74, 6) is -1.80. The highest BCUT2D eigenvalue weighted by molar-refractivity contribution is 5.88. The Morgan fingerprint density at radius 2 is 1.52 bits per heavy atom.